The Morgan fingerprint density at radius 3 is 2.67 bits per heavy atom. The number of rotatable bonds is 4. The van der Waals surface area contributed by atoms with Crippen molar-refractivity contribution in [1.29, 1.82) is 0 Å². The Morgan fingerprint density at radius 1 is 1.30 bits per heavy atom. The predicted molar refractivity (Wildman–Crippen MR) is 102 cm³/mol. The zero-order valence-corrected chi connectivity index (χ0v) is 16.2. The van der Waals surface area contributed by atoms with E-state index in [-0.39, 0.29) is 4.91 Å². The van der Waals surface area contributed by atoms with Gasteiger partial charge in [0.15, 0.2) is 0 Å². The van der Waals surface area contributed by atoms with E-state index in [0.29, 0.717) is 0 Å². The average molecular weight is 385 g/mol. The molecule has 3 rings (SSSR count). The largest absolute Gasteiger partial charge is 0.467 e. The van der Waals surface area contributed by atoms with Crippen LogP contribution in [0.1, 0.15) is 23.9 Å². The first-order valence-corrected chi connectivity index (χ1v) is 9.12. The molecule has 1 atom stereocenters. The van der Waals surface area contributed by atoms with Crippen LogP contribution in [0.5, 0.6) is 0 Å². The summed E-state index contributed by atoms with van der Waals surface area (Å²) in [6.45, 7) is 5.34. The summed E-state index contributed by atoms with van der Waals surface area (Å²) in [7, 11) is 1.22. The Balaban J connectivity index is 1.96. The summed E-state index contributed by atoms with van der Waals surface area (Å²) in [5.41, 5.74) is 2.67. The minimum atomic E-state index is -0.964. The van der Waals surface area contributed by atoms with Gasteiger partial charge in [-0.1, -0.05) is 6.07 Å². The third kappa shape index (κ3) is 3.40. The predicted octanol–water partition coefficient (Wildman–Crippen LogP) is 3.09. The maximum absolute atomic E-state index is 12.6. The maximum Gasteiger partial charge on any atom is 0.328 e. The first-order valence-electron chi connectivity index (χ1n) is 8.30. The number of carbonyl (C=O) groups is 3. The van der Waals surface area contributed by atoms with Crippen molar-refractivity contribution in [3.63, 3.8) is 0 Å². The van der Waals surface area contributed by atoms with E-state index >= 15 is 0 Å². The zero-order valence-electron chi connectivity index (χ0n) is 15.4. The van der Waals surface area contributed by atoms with E-state index in [1.54, 1.807) is 12.3 Å². The number of esters is 1. The highest BCUT2D eigenvalue weighted by molar-refractivity contribution is 8.18. The van der Waals surface area contributed by atoms with Gasteiger partial charge in [0.25, 0.3) is 11.1 Å². The van der Waals surface area contributed by atoms with Gasteiger partial charge in [0.2, 0.25) is 0 Å². The quantitative estimate of drug-likeness (QED) is 0.594. The molecule has 140 valence electrons. The van der Waals surface area contributed by atoms with Gasteiger partial charge in [-0.05, 0) is 62.4 Å². The number of hydrogen-bond acceptors (Lipinski definition) is 6. The number of hydrogen-bond donors (Lipinski definition) is 0. The maximum atomic E-state index is 12.6. The fraction of sp³-hybridized carbons (Fsp3) is 0.263. The van der Waals surface area contributed by atoms with Gasteiger partial charge in [-0.15, -0.1) is 0 Å². The van der Waals surface area contributed by atoms with E-state index in [0.717, 1.165) is 39.4 Å². The number of thioether (sulfide) groups is 1. The molecule has 3 heterocycles. The van der Waals surface area contributed by atoms with E-state index in [2.05, 4.69) is 9.72 Å². The molecular formula is C19H19N3O4S. The number of pyridine rings is 1. The Kier molecular flexibility index (Phi) is 5.18. The monoisotopic (exact) mass is 385 g/mol. The van der Waals surface area contributed by atoms with E-state index in [1.165, 1.54) is 14.0 Å². The van der Waals surface area contributed by atoms with Crippen LogP contribution >= 0.6 is 11.8 Å². The molecule has 0 unspecified atom stereocenters. The van der Waals surface area contributed by atoms with E-state index in [9.17, 15) is 14.4 Å². The average Bonchev–Trinajstić information content (AvgIpc) is 3.09. The molecule has 0 aliphatic carbocycles. The van der Waals surface area contributed by atoms with Crippen LogP contribution in [0.4, 0.5) is 4.79 Å². The number of nitrogens with zero attached hydrogens (tertiary/aromatic N) is 3. The van der Waals surface area contributed by atoms with Gasteiger partial charge in [-0.2, -0.15) is 0 Å². The lowest BCUT2D eigenvalue weighted by atomic mass is 10.2. The molecule has 1 fully saturated rings. The molecule has 1 aliphatic heterocycles. The van der Waals surface area contributed by atoms with Crippen LogP contribution in [-0.4, -0.2) is 44.7 Å². The van der Waals surface area contributed by atoms with Crippen molar-refractivity contribution in [2.45, 2.75) is 26.8 Å². The third-order valence-corrected chi connectivity index (χ3v) is 5.27. The number of ether oxygens (including phenoxy) is 1. The first-order chi connectivity index (χ1) is 12.8. The molecule has 0 N–H and O–H groups in total. The number of aromatic nitrogens is 2. The standard InChI is InChI=1S/C19H19N3O4S/c1-11-9-14(12(2)21(11)16-7-5-6-8-20-16)10-15-17(23)22(19(25)27-15)13(3)18(24)26-4/h5-10,13H,1-4H3/b15-10-/t13-/m1/s1. The van der Waals surface area contributed by atoms with Crippen molar-refractivity contribution in [3.05, 3.63) is 52.3 Å². The minimum absolute atomic E-state index is 0.275. The molecular weight excluding hydrogens is 366 g/mol. The number of imide groups is 1. The minimum Gasteiger partial charge on any atom is -0.467 e. The van der Waals surface area contributed by atoms with Crippen LogP contribution in [0.25, 0.3) is 11.9 Å². The molecule has 8 heteroatoms. The fourth-order valence-corrected chi connectivity index (χ4v) is 3.90. The summed E-state index contributed by atoms with van der Waals surface area (Å²) in [5, 5.41) is -0.484. The zero-order chi connectivity index (χ0) is 19.7. The summed E-state index contributed by atoms with van der Waals surface area (Å²) in [5.74, 6) is -0.350. The van der Waals surface area contributed by atoms with Gasteiger partial charge in [-0.3, -0.25) is 14.5 Å². The Labute approximate surface area is 161 Å². The van der Waals surface area contributed by atoms with Gasteiger partial charge >= 0.3 is 5.97 Å². The van der Waals surface area contributed by atoms with Crippen LogP contribution in [0.2, 0.25) is 0 Å². The van der Waals surface area contributed by atoms with Crippen molar-refractivity contribution in [1.82, 2.24) is 14.5 Å². The molecule has 0 radical (unpaired) electrons. The SMILES string of the molecule is COC(=O)[C@@H](C)N1C(=O)S/C(=C\c2cc(C)n(-c3ccccn3)c2C)C1=O. The van der Waals surface area contributed by atoms with Gasteiger partial charge < -0.3 is 9.30 Å². The lowest BCUT2D eigenvalue weighted by Gasteiger charge is -2.18. The lowest BCUT2D eigenvalue weighted by Crippen LogP contribution is -2.42. The lowest BCUT2D eigenvalue weighted by molar-refractivity contribution is -0.148. The van der Waals surface area contributed by atoms with E-state index in [1.807, 2.05) is 42.7 Å². The Morgan fingerprint density at radius 2 is 2.04 bits per heavy atom. The van der Waals surface area contributed by atoms with Crippen LogP contribution in [0.3, 0.4) is 0 Å². The van der Waals surface area contributed by atoms with Gasteiger partial charge in [-0.25, -0.2) is 9.78 Å². The molecule has 27 heavy (non-hydrogen) atoms. The van der Waals surface area contributed by atoms with Gasteiger partial charge in [0, 0.05) is 17.6 Å². The van der Waals surface area contributed by atoms with E-state index in [4.69, 9.17) is 0 Å². The van der Waals surface area contributed by atoms with Crippen molar-refractivity contribution < 1.29 is 19.1 Å². The topological polar surface area (TPSA) is 81.5 Å². The highest BCUT2D eigenvalue weighted by atomic mass is 32.2. The van der Waals surface area contributed by atoms with E-state index < -0.39 is 23.2 Å². The van der Waals surface area contributed by atoms with Crippen LogP contribution < -0.4 is 0 Å². The molecule has 2 aromatic heterocycles. The normalized spacial score (nSPS) is 16.9. The fourth-order valence-electron chi connectivity index (χ4n) is 3.00. The summed E-state index contributed by atoms with van der Waals surface area (Å²) < 4.78 is 6.62. The molecule has 0 bridgehead atoms. The number of amides is 2. The summed E-state index contributed by atoms with van der Waals surface area (Å²) >= 11 is 0.818. The second kappa shape index (κ2) is 7.40. The van der Waals surface area contributed by atoms with Crippen LogP contribution in [0.15, 0.2) is 35.4 Å². The summed E-state index contributed by atoms with van der Waals surface area (Å²) in [4.78, 5) is 42.1. The second-order valence-corrected chi connectivity index (χ2v) is 7.09. The molecule has 0 saturated carbocycles. The van der Waals surface area contributed by atoms with Crippen molar-refractivity contribution in [3.8, 4) is 5.82 Å². The van der Waals surface area contributed by atoms with Crippen LogP contribution in [-0.2, 0) is 14.3 Å². The highest BCUT2D eigenvalue weighted by Gasteiger charge is 2.41. The Hall–Kier alpha value is -2.87. The smallest absolute Gasteiger partial charge is 0.328 e. The van der Waals surface area contributed by atoms with Crippen molar-refractivity contribution in [2.24, 2.45) is 0 Å². The van der Waals surface area contributed by atoms with Gasteiger partial charge in [0.05, 0.1) is 12.0 Å². The molecule has 0 spiro atoms. The summed E-state index contributed by atoms with van der Waals surface area (Å²) in [6.07, 6.45) is 3.39. The Bertz CT molecular complexity index is 949. The molecule has 1 saturated heterocycles. The van der Waals surface area contributed by atoms with Crippen molar-refractivity contribution in [2.75, 3.05) is 7.11 Å². The number of carbonyl (C=O) groups excluding carboxylic acids is 3. The molecule has 2 aromatic rings. The number of methoxy groups -OCH3 is 1. The molecule has 1 aliphatic rings. The highest BCUT2D eigenvalue weighted by Crippen LogP contribution is 2.35. The summed E-state index contributed by atoms with van der Waals surface area (Å²) in [6, 6.07) is 6.61. The van der Waals surface area contributed by atoms with Crippen LogP contribution in [0, 0.1) is 13.8 Å². The molecule has 7 nitrogen and oxygen atoms in total. The molecule has 2 amide bonds. The molecule has 0 aromatic carbocycles. The van der Waals surface area contributed by atoms with Crippen molar-refractivity contribution >= 4 is 35.0 Å². The third-order valence-electron chi connectivity index (χ3n) is 4.39. The second-order valence-electron chi connectivity index (χ2n) is 6.10. The van der Waals surface area contributed by atoms with Gasteiger partial charge in [0.1, 0.15) is 11.9 Å². The number of aryl methyl sites for hydroxylation is 1. The first kappa shape index (κ1) is 18.9.